The van der Waals surface area contributed by atoms with E-state index in [1.807, 2.05) is 0 Å². The fraction of sp³-hybridized carbons (Fsp3) is 0.864. The lowest BCUT2D eigenvalue weighted by atomic mass is 10.1. The monoisotopic (exact) mass is 547 g/mol. The number of ether oxygens (including phenoxy) is 1. The number of likely N-dealkylation sites (tertiary alicyclic amines) is 1. The Morgan fingerprint density at radius 2 is 1.97 bits per heavy atom. The molecule has 0 atom stereocenters. The van der Waals surface area contributed by atoms with E-state index in [0.29, 0.717) is 6.04 Å². The summed E-state index contributed by atoms with van der Waals surface area (Å²) in [6.07, 6.45) is 10.3. The molecule has 0 saturated carbocycles. The third-order valence-electron chi connectivity index (χ3n) is 6.11. The van der Waals surface area contributed by atoms with Gasteiger partial charge in [0.25, 0.3) is 0 Å². The highest BCUT2D eigenvalue weighted by atomic mass is 127. The first kappa shape index (κ1) is 26.3. The smallest absolute Gasteiger partial charge is 0.191 e. The van der Waals surface area contributed by atoms with E-state index in [9.17, 15) is 0 Å². The average molecular weight is 548 g/mol. The van der Waals surface area contributed by atoms with Crippen LogP contribution < -0.4 is 10.6 Å². The largest absolute Gasteiger partial charge is 0.385 e. The van der Waals surface area contributed by atoms with Crippen LogP contribution >= 0.6 is 24.0 Å². The second-order valence-corrected chi connectivity index (χ2v) is 8.47. The van der Waals surface area contributed by atoms with Crippen LogP contribution in [0.4, 0.5) is 0 Å². The minimum absolute atomic E-state index is 0. The van der Waals surface area contributed by atoms with E-state index in [0.717, 1.165) is 83.3 Å². The second-order valence-electron chi connectivity index (χ2n) is 8.47. The van der Waals surface area contributed by atoms with Crippen LogP contribution in [-0.2, 0) is 24.1 Å². The lowest BCUT2D eigenvalue weighted by molar-refractivity contribution is 0.155. The van der Waals surface area contributed by atoms with Gasteiger partial charge in [-0.05, 0) is 45.4 Å². The normalized spacial score (nSPS) is 18.2. The zero-order valence-corrected chi connectivity index (χ0v) is 21.8. The quantitative estimate of drug-likeness (QED) is 0.203. The van der Waals surface area contributed by atoms with Crippen LogP contribution in [0.25, 0.3) is 0 Å². The van der Waals surface area contributed by atoms with Crippen molar-refractivity contribution in [3.63, 3.8) is 0 Å². The topological polar surface area (TPSA) is 79.6 Å². The molecule has 178 valence electrons. The molecule has 0 radical (unpaired) electrons. The number of nitrogens with one attached hydrogen (secondary N) is 2. The maximum Gasteiger partial charge on any atom is 0.191 e. The van der Waals surface area contributed by atoms with Gasteiger partial charge < -0.3 is 24.8 Å². The number of aliphatic imine (C=N–C) groups is 1. The Balaban J connectivity index is 0.00000341. The molecule has 0 unspecified atom stereocenters. The minimum Gasteiger partial charge on any atom is -0.385 e. The minimum atomic E-state index is 0. The summed E-state index contributed by atoms with van der Waals surface area (Å²) in [6, 6.07) is 0.508. The van der Waals surface area contributed by atoms with Crippen molar-refractivity contribution in [2.75, 3.05) is 46.4 Å². The number of hydrogen-bond acceptors (Lipinski definition) is 5. The van der Waals surface area contributed by atoms with Crippen LogP contribution in [0.1, 0.15) is 63.5 Å². The van der Waals surface area contributed by atoms with Gasteiger partial charge in [0, 0.05) is 71.9 Å². The summed E-state index contributed by atoms with van der Waals surface area (Å²) in [6.45, 7) is 9.20. The van der Waals surface area contributed by atoms with Crippen molar-refractivity contribution in [3.05, 3.63) is 11.6 Å². The van der Waals surface area contributed by atoms with E-state index < -0.39 is 0 Å². The highest BCUT2D eigenvalue weighted by molar-refractivity contribution is 14.0. The van der Waals surface area contributed by atoms with Crippen LogP contribution in [0.15, 0.2) is 4.99 Å². The SMILES string of the molecule is CCNC(=NCCCc1nnc2n1CCCCC2)NC1CCN(CCCOC)CC1.I. The summed E-state index contributed by atoms with van der Waals surface area (Å²) in [7, 11) is 1.78. The molecule has 31 heavy (non-hydrogen) atoms. The van der Waals surface area contributed by atoms with Crippen molar-refractivity contribution >= 4 is 29.9 Å². The number of nitrogens with zero attached hydrogens (tertiary/aromatic N) is 5. The van der Waals surface area contributed by atoms with E-state index >= 15 is 0 Å². The summed E-state index contributed by atoms with van der Waals surface area (Å²) in [4.78, 5) is 7.37. The molecule has 3 rings (SSSR count). The van der Waals surface area contributed by atoms with Gasteiger partial charge in [-0.15, -0.1) is 34.2 Å². The van der Waals surface area contributed by atoms with Crippen LogP contribution in [0, 0.1) is 0 Å². The Kier molecular flexibility index (Phi) is 12.7. The van der Waals surface area contributed by atoms with E-state index in [4.69, 9.17) is 9.73 Å². The molecule has 3 heterocycles. The molecule has 0 aliphatic carbocycles. The fourth-order valence-corrected chi connectivity index (χ4v) is 4.41. The first-order valence-electron chi connectivity index (χ1n) is 12.0. The van der Waals surface area contributed by atoms with Gasteiger partial charge in [0.2, 0.25) is 0 Å². The standard InChI is InChI=1S/C22H41N7O.HI/c1-3-23-22(25-19-11-16-28(17-12-19)14-8-18-30-2)24-13-7-10-21-27-26-20-9-5-4-6-15-29(20)21;/h19H,3-18H2,1-2H3,(H2,23,24,25);1H. The molecule has 0 bridgehead atoms. The first-order chi connectivity index (χ1) is 14.8. The number of hydrogen-bond donors (Lipinski definition) is 2. The molecule has 2 aliphatic heterocycles. The van der Waals surface area contributed by atoms with Crippen LogP contribution in [-0.4, -0.2) is 78.1 Å². The number of methoxy groups -OCH3 is 1. The maximum absolute atomic E-state index is 5.16. The molecule has 9 heteroatoms. The van der Waals surface area contributed by atoms with Crippen molar-refractivity contribution < 1.29 is 4.74 Å². The van der Waals surface area contributed by atoms with Gasteiger partial charge in [0.1, 0.15) is 11.6 Å². The highest BCUT2D eigenvalue weighted by Gasteiger charge is 2.19. The predicted molar refractivity (Wildman–Crippen MR) is 136 cm³/mol. The lowest BCUT2D eigenvalue weighted by Crippen LogP contribution is -2.48. The predicted octanol–water partition coefficient (Wildman–Crippen LogP) is 2.61. The number of halogens is 1. The molecule has 8 nitrogen and oxygen atoms in total. The number of aryl methyl sites for hydroxylation is 2. The maximum atomic E-state index is 5.16. The Bertz CT molecular complexity index is 644. The molecular formula is C22H42IN7O. The van der Waals surface area contributed by atoms with Crippen molar-refractivity contribution in [1.29, 1.82) is 0 Å². The Labute approximate surface area is 205 Å². The van der Waals surface area contributed by atoms with Gasteiger partial charge in [-0.2, -0.15) is 0 Å². The van der Waals surface area contributed by atoms with Crippen LogP contribution in [0.2, 0.25) is 0 Å². The fourth-order valence-electron chi connectivity index (χ4n) is 4.41. The molecule has 1 fully saturated rings. The van der Waals surface area contributed by atoms with E-state index in [-0.39, 0.29) is 24.0 Å². The third-order valence-corrected chi connectivity index (χ3v) is 6.11. The number of fused-ring (bicyclic) bond motifs is 1. The van der Waals surface area contributed by atoms with Gasteiger partial charge in [-0.25, -0.2) is 0 Å². The van der Waals surface area contributed by atoms with E-state index in [2.05, 4.69) is 37.2 Å². The molecule has 2 aliphatic rings. The van der Waals surface area contributed by atoms with Crippen LogP contribution in [0.5, 0.6) is 0 Å². The summed E-state index contributed by atoms with van der Waals surface area (Å²) in [5.74, 6) is 3.27. The van der Waals surface area contributed by atoms with E-state index in [1.54, 1.807) is 7.11 Å². The number of piperidine rings is 1. The summed E-state index contributed by atoms with van der Waals surface area (Å²) in [5.41, 5.74) is 0. The van der Waals surface area contributed by atoms with Gasteiger partial charge in [-0.1, -0.05) is 6.42 Å². The van der Waals surface area contributed by atoms with Crippen LogP contribution in [0.3, 0.4) is 0 Å². The molecule has 1 saturated heterocycles. The molecule has 0 aromatic carbocycles. The third kappa shape index (κ3) is 8.84. The molecule has 1 aromatic heterocycles. The van der Waals surface area contributed by atoms with Crippen molar-refractivity contribution in [1.82, 2.24) is 30.3 Å². The zero-order chi connectivity index (χ0) is 21.0. The molecular weight excluding hydrogens is 505 g/mol. The van der Waals surface area contributed by atoms with Gasteiger partial charge in [0.15, 0.2) is 5.96 Å². The first-order valence-corrected chi connectivity index (χ1v) is 12.0. The number of rotatable bonds is 10. The summed E-state index contributed by atoms with van der Waals surface area (Å²) < 4.78 is 7.51. The molecule has 2 N–H and O–H groups in total. The number of guanidine groups is 1. The second kappa shape index (κ2) is 15.0. The highest BCUT2D eigenvalue weighted by Crippen LogP contribution is 2.15. The Morgan fingerprint density at radius 3 is 2.74 bits per heavy atom. The van der Waals surface area contributed by atoms with Gasteiger partial charge in [-0.3, -0.25) is 4.99 Å². The van der Waals surface area contributed by atoms with Crippen molar-refractivity contribution in [2.45, 2.75) is 77.3 Å². The molecule has 0 spiro atoms. The number of aromatic nitrogens is 3. The Morgan fingerprint density at radius 1 is 1.13 bits per heavy atom. The van der Waals surface area contributed by atoms with Crippen molar-refractivity contribution in [3.8, 4) is 0 Å². The molecule has 1 aromatic rings. The van der Waals surface area contributed by atoms with Crippen molar-refractivity contribution in [2.24, 2.45) is 4.99 Å². The average Bonchev–Trinajstić information content (AvgIpc) is 2.98. The van der Waals surface area contributed by atoms with E-state index in [1.165, 1.54) is 37.9 Å². The lowest BCUT2D eigenvalue weighted by Gasteiger charge is -2.33. The summed E-state index contributed by atoms with van der Waals surface area (Å²) in [5, 5.41) is 15.9. The van der Waals surface area contributed by atoms with Gasteiger partial charge >= 0.3 is 0 Å². The molecule has 0 amide bonds. The van der Waals surface area contributed by atoms with Gasteiger partial charge in [0.05, 0.1) is 0 Å². The summed E-state index contributed by atoms with van der Waals surface area (Å²) >= 11 is 0. The Hall–Kier alpha value is -0.940. The zero-order valence-electron chi connectivity index (χ0n) is 19.4.